The Hall–Kier alpha value is -3.52. The summed E-state index contributed by atoms with van der Waals surface area (Å²) >= 11 is 1.31. The second-order valence-electron chi connectivity index (χ2n) is 7.85. The summed E-state index contributed by atoms with van der Waals surface area (Å²) in [6.45, 7) is 3.60. The minimum Gasteiger partial charge on any atom is -0.480 e. The molecule has 8 heteroatoms. The SMILES string of the molecule is CSCC(NC(=O)Cc1c(C)c2cc3c(-c4ccccc4)coc3c(C)c2oc1=O)C(=O)O. The van der Waals surface area contributed by atoms with Crippen LogP contribution < -0.4 is 10.9 Å². The number of thioether (sulfide) groups is 1. The van der Waals surface area contributed by atoms with Gasteiger partial charge >= 0.3 is 11.6 Å². The van der Waals surface area contributed by atoms with E-state index in [1.807, 2.05) is 43.3 Å². The van der Waals surface area contributed by atoms with Crippen LogP contribution in [0.3, 0.4) is 0 Å². The minimum atomic E-state index is -1.12. The lowest BCUT2D eigenvalue weighted by molar-refractivity contribution is -0.141. The smallest absolute Gasteiger partial charge is 0.340 e. The van der Waals surface area contributed by atoms with Gasteiger partial charge in [0.15, 0.2) is 0 Å². The van der Waals surface area contributed by atoms with E-state index < -0.39 is 23.5 Å². The number of nitrogens with one attached hydrogen (secondary N) is 1. The van der Waals surface area contributed by atoms with Crippen LogP contribution in [0.25, 0.3) is 33.1 Å². The average Bonchev–Trinajstić information content (AvgIpc) is 3.22. The summed E-state index contributed by atoms with van der Waals surface area (Å²) in [5, 5.41) is 13.4. The van der Waals surface area contributed by atoms with E-state index in [0.29, 0.717) is 27.7 Å². The van der Waals surface area contributed by atoms with Gasteiger partial charge in [-0.05, 0) is 37.3 Å². The molecule has 1 atom stereocenters. The number of rotatable bonds is 7. The summed E-state index contributed by atoms with van der Waals surface area (Å²) in [6, 6.07) is 10.7. The first kappa shape index (κ1) is 22.7. The summed E-state index contributed by atoms with van der Waals surface area (Å²) in [6.07, 6.45) is 3.18. The fourth-order valence-electron chi connectivity index (χ4n) is 3.99. The first-order chi connectivity index (χ1) is 15.8. The molecule has 0 aliphatic heterocycles. The van der Waals surface area contributed by atoms with Crippen molar-refractivity contribution in [1.82, 2.24) is 5.32 Å². The molecule has 0 spiro atoms. The Morgan fingerprint density at radius 3 is 2.48 bits per heavy atom. The lowest BCUT2D eigenvalue weighted by atomic mass is 9.97. The van der Waals surface area contributed by atoms with Gasteiger partial charge in [-0.3, -0.25) is 4.79 Å². The predicted molar refractivity (Wildman–Crippen MR) is 129 cm³/mol. The maximum atomic E-state index is 12.8. The third-order valence-corrected chi connectivity index (χ3v) is 6.40. The van der Waals surface area contributed by atoms with Crippen LogP contribution in [0.15, 0.2) is 56.3 Å². The van der Waals surface area contributed by atoms with Crippen LogP contribution in [0.2, 0.25) is 0 Å². The van der Waals surface area contributed by atoms with E-state index in [4.69, 9.17) is 8.83 Å². The van der Waals surface area contributed by atoms with Crippen LogP contribution in [0.4, 0.5) is 0 Å². The summed E-state index contributed by atoms with van der Waals surface area (Å²) in [7, 11) is 0. The molecule has 170 valence electrons. The highest BCUT2D eigenvalue weighted by atomic mass is 32.2. The number of carboxylic acid groups (broad SMARTS) is 1. The number of furan rings is 1. The quantitative estimate of drug-likeness (QED) is 0.392. The second kappa shape index (κ2) is 9.15. The van der Waals surface area contributed by atoms with Crippen molar-refractivity contribution in [3.8, 4) is 11.1 Å². The van der Waals surface area contributed by atoms with Gasteiger partial charge in [0, 0.05) is 27.7 Å². The zero-order chi connectivity index (χ0) is 23.7. The zero-order valence-corrected chi connectivity index (χ0v) is 19.2. The van der Waals surface area contributed by atoms with Gasteiger partial charge in [0.25, 0.3) is 0 Å². The molecule has 33 heavy (non-hydrogen) atoms. The van der Waals surface area contributed by atoms with Crippen molar-refractivity contribution < 1.29 is 23.5 Å². The Morgan fingerprint density at radius 2 is 1.82 bits per heavy atom. The van der Waals surface area contributed by atoms with Gasteiger partial charge in [-0.1, -0.05) is 30.3 Å². The van der Waals surface area contributed by atoms with Gasteiger partial charge < -0.3 is 19.3 Å². The van der Waals surface area contributed by atoms with Crippen LogP contribution >= 0.6 is 11.8 Å². The molecule has 4 rings (SSSR count). The third kappa shape index (κ3) is 4.26. The molecule has 2 heterocycles. The Bertz CT molecular complexity index is 1420. The Morgan fingerprint density at radius 1 is 1.09 bits per heavy atom. The van der Waals surface area contributed by atoms with Gasteiger partial charge in [0.2, 0.25) is 5.91 Å². The first-order valence-electron chi connectivity index (χ1n) is 10.4. The number of benzene rings is 2. The van der Waals surface area contributed by atoms with Crippen molar-refractivity contribution in [2.75, 3.05) is 12.0 Å². The molecule has 2 aromatic carbocycles. The summed E-state index contributed by atoms with van der Waals surface area (Å²) in [5.74, 6) is -1.43. The second-order valence-corrected chi connectivity index (χ2v) is 8.76. The normalized spacial score (nSPS) is 12.2. The third-order valence-electron chi connectivity index (χ3n) is 5.73. The highest BCUT2D eigenvalue weighted by molar-refractivity contribution is 7.98. The molecular weight excluding hydrogens is 442 g/mol. The molecule has 0 aliphatic carbocycles. The van der Waals surface area contributed by atoms with Crippen molar-refractivity contribution in [3.63, 3.8) is 0 Å². The fraction of sp³-hybridized carbons (Fsp3) is 0.240. The van der Waals surface area contributed by atoms with E-state index >= 15 is 0 Å². The van der Waals surface area contributed by atoms with Crippen molar-refractivity contribution in [2.24, 2.45) is 0 Å². The zero-order valence-electron chi connectivity index (χ0n) is 18.4. The van der Waals surface area contributed by atoms with E-state index in [2.05, 4.69) is 5.32 Å². The minimum absolute atomic E-state index is 0.205. The van der Waals surface area contributed by atoms with Gasteiger partial charge in [0.05, 0.1) is 18.2 Å². The molecular formula is C25H23NO6S. The molecule has 2 aromatic heterocycles. The molecule has 0 saturated carbocycles. The molecule has 0 bridgehead atoms. The van der Waals surface area contributed by atoms with Gasteiger partial charge in [-0.25, -0.2) is 9.59 Å². The molecule has 0 saturated heterocycles. The van der Waals surface area contributed by atoms with Crippen molar-refractivity contribution in [1.29, 1.82) is 0 Å². The lowest BCUT2D eigenvalue weighted by Gasteiger charge is -2.14. The van der Waals surface area contributed by atoms with Gasteiger partial charge in [0.1, 0.15) is 17.2 Å². The maximum absolute atomic E-state index is 12.8. The summed E-state index contributed by atoms with van der Waals surface area (Å²) in [5.41, 5.74) is 3.87. The van der Waals surface area contributed by atoms with Crippen LogP contribution in [0.5, 0.6) is 0 Å². The topological polar surface area (TPSA) is 110 Å². The lowest BCUT2D eigenvalue weighted by Crippen LogP contribution is -2.43. The molecule has 7 nitrogen and oxygen atoms in total. The fourth-order valence-corrected chi connectivity index (χ4v) is 4.55. The average molecular weight is 466 g/mol. The molecule has 0 fully saturated rings. The van der Waals surface area contributed by atoms with E-state index in [1.54, 1.807) is 19.4 Å². The van der Waals surface area contributed by atoms with E-state index in [1.165, 1.54) is 11.8 Å². The Labute approximate surface area is 193 Å². The number of fused-ring (bicyclic) bond motifs is 2. The Balaban J connectivity index is 1.79. The van der Waals surface area contributed by atoms with Crippen LogP contribution in [-0.4, -0.2) is 35.0 Å². The number of carboxylic acids is 1. The van der Waals surface area contributed by atoms with Crippen LogP contribution in [-0.2, 0) is 16.0 Å². The monoisotopic (exact) mass is 465 g/mol. The van der Waals surface area contributed by atoms with Crippen LogP contribution in [0.1, 0.15) is 16.7 Å². The molecule has 1 unspecified atom stereocenters. The van der Waals surface area contributed by atoms with Crippen molar-refractivity contribution in [2.45, 2.75) is 26.3 Å². The number of aliphatic carboxylic acids is 1. The van der Waals surface area contributed by atoms with E-state index in [9.17, 15) is 19.5 Å². The number of hydrogen-bond donors (Lipinski definition) is 2. The molecule has 2 N–H and O–H groups in total. The van der Waals surface area contributed by atoms with E-state index in [-0.39, 0.29) is 17.7 Å². The van der Waals surface area contributed by atoms with Crippen molar-refractivity contribution >= 4 is 45.6 Å². The number of carbonyl (C=O) groups is 2. The highest BCUT2D eigenvalue weighted by Gasteiger charge is 2.23. The molecule has 4 aromatic rings. The largest absolute Gasteiger partial charge is 0.480 e. The van der Waals surface area contributed by atoms with E-state index in [0.717, 1.165) is 16.5 Å². The van der Waals surface area contributed by atoms with Crippen molar-refractivity contribution in [3.05, 3.63) is 69.8 Å². The number of aryl methyl sites for hydroxylation is 2. The first-order valence-corrected chi connectivity index (χ1v) is 11.7. The maximum Gasteiger partial charge on any atom is 0.340 e. The molecule has 0 aliphatic rings. The number of hydrogen-bond acceptors (Lipinski definition) is 6. The van der Waals surface area contributed by atoms with Gasteiger partial charge in [-0.15, -0.1) is 0 Å². The summed E-state index contributed by atoms with van der Waals surface area (Å²) in [4.78, 5) is 36.6. The predicted octanol–water partition coefficient (Wildman–Crippen LogP) is 4.30. The van der Waals surface area contributed by atoms with Gasteiger partial charge in [-0.2, -0.15) is 11.8 Å². The molecule has 1 amide bonds. The van der Waals surface area contributed by atoms with Crippen LogP contribution in [0, 0.1) is 13.8 Å². The standard InChI is InChI=1S/C25H23NO6S/c1-13-16-9-18-19(15-7-5-4-6-8-15)11-31-22(18)14(2)23(16)32-25(30)17(13)10-21(27)26-20(12-33-3)24(28)29/h4-9,11,20H,10,12H2,1-3H3,(H,26,27)(H,28,29). The number of carbonyl (C=O) groups excluding carboxylic acids is 1. The Kier molecular flexibility index (Phi) is 6.29. The number of amides is 1. The molecule has 0 radical (unpaired) electrons. The highest BCUT2D eigenvalue weighted by Crippen LogP contribution is 2.37. The summed E-state index contributed by atoms with van der Waals surface area (Å²) < 4.78 is 11.4.